The lowest BCUT2D eigenvalue weighted by Gasteiger charge is -2.07. The van der Waals surface area contributed by atoms with Crippen LogP contribution in [0.15, 0.2) is 59.3 Å². The molecule has 0 spiro atoms. The van der Waals surface area contributed by atoms with Crippen LogP contribution in [-0.2, 0) is 11.3 Å². The van der Waals surface area contributed by atoms with Crippen LogP contribution in [0, 0.1) is 0 Å². The number of phenols is 1. The molecule has 2 amide bonds. The first-order valence-electron chi connectivity index (χ1n) is 8.21. The Balaban J connectivity index is 1.59. The Kier molecular flexibility index (Phi) is 5.95. The van der Waals surface area contributed by atoms with Crippen molar-refractivity contribution in [2.24, 2.45) is 0 Å². The van der Waals surface area contributed by atoms with Crippen molar-refractivity contribution in [1.82, 2.24) is 9.78 Å². The van der Waals surface area contributed by atoms with Crippen molar-refractivity contribution in [3.63, 3.8) is 0 Å². The van der Waals surface area contributed by atoms with Gasteiger partial charge >= 0.3 is 0 Å². The van der Waals surface area contributed by atoms with Crippen LogP contribution >= 0.6 is 15.9 Å². The van der Waals surface area contributed by atoms with Crippen molar-refractivity contribution >= 4 is 39.1 Å². The third-order valence-electron chi connectivity index (χ3n) is 3.77. The first kappa shape index (κ1) is 19.4. The van der Waals surface area contributed by atoms with E-state index < -0.39 is 5.91 Å². The standard InChI is InChI=1S/C19H17BrN4O4/c1-28-15-5-3-13(4-6-15)22-18(26)11-24-10-14(9-21-24)23-19(27)16-8-12(20)2-7-17(16)25/h2-10,25H,11H2,1H3,(H,22,26)(H,23,27). The lowest BCUT2D eigenvalue weighted by Crippen LogP contribution is -2.19. The van der Waals surface area contributed by atoms with Gasteiger partial charge in [-0.2, -0.15) is 5.10 Å². The van der Waals surface area contributed by atoms with Crippen LogP contribution in [0.3, 0.4) is 0 Å². The zero-order valence-corrected chi connectivity index (χ0v) is 16.4. The van der Waals surface area contributed by atoms with Crippen LogP contribution in [0.25, 0.3) is 0 Å². The van der Waals surface area contributed by atoms with Crippen LogP contribution in [-0.4, -0.2) is 33.8 Å². The normalized spacial score (nSPS) is 10.4. The van der Waals surface area contributed by atoms with E-state index >= 15 is 0 Å². The number of hydrogen-bond acceptors (Lipinski definition) is 5. The summed E-state index contributed by atoms with van der Waals surface area (Å²) in [5.74, 6) is -0.189. The molecule has 8 nitrogen and oxygen atoms in total. The molecule has 0 saturated heterocycles. The van der Waals surface area contributed by atoms with E-state index in [9.17, 15) is 14.7 Å². The lowest BCUT2D eigenvalue weighted by atomic mass is 10.2. The number of nitrogens with one attached hydrogen (secondary N) is 2. The maximum absolute atomic E-state index is 12.3. The van der Waals surface area contributed by atoms with E-state index in [2.05, 4.69) is 31.7 Å². The molecule has 3 N–H and O–H groups in total. The van der Waals surface area contributed by atoms with Crippen LogP contribution < -0.4 is 15.4 Å². The molecule has 2 aromatic carbocycles. The number of methoxy groups -OCH3 is 1. The zero-order valence-electron chi connectivity index (χ0n) is 14.8. The molecule has 0 aliphatic heterocycles. The van der Waals surface area contributed by atoms with Gasteiger partial charge in [0.25, 0.3) is 5.91 Å². The van der Waals surface area contributed by atoms with Crippen LogP contribution in [0.1, 0.15) is 10.4 Å². The molecule has 0 unspecified atom stereocenters. The molecular weight excluding hydrogens is 428 g/mol. The molecule has 9 heteroatoms. The van der Waals surface area contributed by atoms with Crippen LogP contribution in [0.2, 0.25) is 0 Å². The van der Waals surface area contributed by atoms with Gasteiger partial charge in [0.05, 0.1) is 24.6 Å². The molecular formula is C19H17BrN4O4. The van der Waals surface area contributed by atoms with Crippen molar-refractivity contribution in [3.05, 3.63) is 64.9 Å². The number of phenolic OH excluding ortho intramolecular Hbond substituents is 1. The smallest absolute Gasteiger partial charge is 0.259 e. The largest absolute Gasteiger partial charge is 0.507 e. The molecule has 3 rings (SSSR count). The summed E-state index contributed by atoms with van der Waals surface area (Å²) in [4.78, 5) is 24.4. The molecule has 0 bridgehead atoms. The fraction of sp³-hybridized carbons (Fsp3) is 0.105. The van der Waals surface area contributed by atoms with Crippen molar-refractivity contribution in [2.75, 3.05) is 17.7 Å². The fourth-order valence-corrected chi connectivity index (χ4v) is 2.79. The highest BCUT2D eigenvalue weighted by Gasteiger charge is 2.13. The number of hydrogen-bond donors (Lipinski definition) is 3. The number of anilines is 2. The predicted octanol–water partition coefficient (Wildman–Crippen LogP) is 3.25. The molecule has 0 fully saturated rings. The molecule has 0 radical (unpaired) electrons. The summed E-state index contributed by atoms with van der Waals surface area (Å²) in [5, 5.41) is 19.3. The second kappa shape index (κ2) is 8.57. The fourth-order valence-electron chi connectivity index (χ4n) is 2.43. The lowest BCUT2D eigenvalue weighted by molar-refractivity contribution is -0.116. The summed E-state index contributed by atoms with van der Waals surface area (Å²) in [7, 11) is 1.57. The van der Waals surface area contributed by atoms with Crippen molar-refractivity contribution in [2.45, 2.75) is 6.54 Å². The maximum atomic E-state index is 12.3. The number of benzene rings is 2. The summed E-state index contributed by atoms with van der Waals surface area (Å²) in [6.45, 7) is -0.0238. The Morgan fingerprint density at radius 3 is 2.61 bits per heavy atom. The maximum Gasteiger partial charge on any atom is 0.259 e. The highest BCUT2D eigenvalue weighted by Crippen LogP contribution is 2.23. The number of aromatic nitrogens is 2. The van der Waals surface area contributed by atoms with Gasteiger partial charge in [-0.15, -0.1) is 0 Å². The third-order valence-corrected chi connectivity index (χ3v) is 4.27. The molecule has 0 aliphatic carbocycles. The monoisotopic (exact) mass is 444 g/mol. The highest BCUT2D eigenvalue weighted by molar-refractivity contribution is 9.10. The first-order chi connectivity index (χ1) is 13.4. The Morgan fingerprint density at radius 1 is 1.14 bits per heavy atom. The van der Waals surface area contributed by atoms with Crippen LogP contribution in [0.5, 0.6) is 11.5 Å². The van der Waals surface area contributed by atoms with E-state index in [4.69, 9.17) is 4.74 Å². The molecule has 0 saturated carbocycles. The Morgan fingerprint density at radius 2 is 1.89 bits per heavy atom. The summed E-state index contributed by atoms with van der Waals surface area (Å²) in [5.41, 5.74) is 1.16. The molecule has 1 heterocycles. The second-order valence-electron chi connectivity index (χ2n) is 5.82. The number of ether oxygens (including phenoxy) is 1. The average Bonchev–Trinajstić information content (AvgIpc) is 3.10. The minimum absolute atomic E-state index is 0.0238. The first-order valence-corrected chi connectivity index (χ1v) is 9.00. The Hall–Kier alpha value is -3.33. The number of carbonyl (C=O) groups excluding carboxylic acids is 2. The van der Waals surface area contributed by atoms with E-state index in [0.717, 1.165) is 0 Å². The topological polar surface area (TPSA) is 105 Å². The second-order valence-corrected chi connectivity index (χ2v) is 6.73. The van der Waals surface area contributed by atoms with Gasteiger partial charge in [-0.3, -0.25) is 14.3 Å². The van der Waals surface area contributed by atoms with Gasteiger partial charge in [0.15, 0.2) is 0 Å². The summed E-state index contributed by atoms with van der Waals surface area (Å²) >= 11 is 3.26. The van der Waals surface area contributed by atoms with Gasteiger partial charge in [-0.1, -0.05) is 15.9 Å². The number of aromatic hydroxyl groups is 1. The van der Waals surface area contributed by atoms with Gasteiger partial charge in [-0.25, -0.2) is 0 Å². The summed E-state index contributed by atoms with van der Waals surface area (Å²) in [6.07, 6.45) is 2.95. The van der Waals surface area contributed by atoms with Crippen molar-refractivity contribution in [1.29, 1.82) is 0 Å². The summed E-state index contributed by atoms with van der Waals surface area (Å²) < 4.78 is 7.14. The van der Waals surface area contributed by atoms with Gasteiger partial charge in [-0.05, 0) is 42.5 Å². The SMILES string of the molecule is COc1ccc(NC(=O)Cn2cc(NC(=O)c3cc(Br)ccc3O)cn2)cc1. The predicted molar refractivity (Wildman–Crippen MR) is 108 cm³/mol. The van der Waals surface area contributed by atoms with E-state index in [0.29, 0.717) is 21.6 Å². The van der Waals surface area contributed by atoms with Crippen molar-refractivity contribution < 1.29 is 19.4 Å². The van der Waals surface area contributed by atoms with E-state index in [1.165, 1.54) is 29.2 Å². The minimum atomic E-state index is -0.485. The number of halogens is 1. The van der Waals surface area contributed by atoms with Crippen LogP contribution in [0.4, 0.5) is 11.4 Å². The summed E-state index contributed by atoms with van der Waals surface area (Å²) in [6, 6.07) is 11.5. The van der Waals surface area contributed by atoms with Crippen molar-refractivity contribution in [3.8, 4) is 11.5 Å². The minimum Gasteiger partial charge on any atom is -0.507 e. The Labute approximate surface area is 169 Å². The van der Waals surface area contributed by atoms with E-state index in [1.54, 1.807) is 37.4 Å². The zero-order chi connectivity index (χ0) is 20.1. The molecule has 0 atom stereocenters. The number of carbonyl (C=O) groups is 2. The number of amides is 2. The highest BCUT2D eigenvalue weighted by atomic mass is 79.9. The van der Waals surface area contributed by atoms with E-state index in [-0.39, 0.29) is 23.8 Å². The average molecular weight is 445 g/mol. The molecule has 28 heavy (non-hydrogen) atoms. The molecule has 144 valence electrons. The van der Waals surface area contributed by atoms with Gasteiger partial charge < -0.3 is 20.5 Å². The quantitative estimate of drug-likeness (QED) is 0.540. The molecule has 0 aliphatic rings. The Bertz CT molecular complexity index is 1000. The number of nitrogens with zero attached hydrogens (tertiary/aromatic N) is 2. The van der Waals surface area contributed by atoms with E-state index in [1.807, 2.05) is 0 Å². The third kappa shape index (κ3) is 4.89. The molecule has 1 aromatic heterocycles. The van der Waals surface area contributed by atoms with Gasteiger partial charge in [0.2, 0.25) is 5.91 Å². The van der Waals surface area contributed by atoms with Gasteiger partial charge in [0.1, 0.15) is 18.0 Å². The van der Waals surface area contributed by atoms with Gasteiger partial charge in [0, 0.05) is 16.4 Å². The molecule has 3 aromatic rings. The number of rotatable bonds is 6.